The molecule has 0 saturated heterocycles. The molecule has 0 saturated carbocycles. The lowest BCUT2D eigenvalue weighted by atomic mass is 10.5. The van der Waals surface area contributed by atoms with Crippen LogP contribution in [0, 0.1) is 0 Å². The van der Waals surface area contributed by atoms with Gasteiger partial charge in [-0.25, -0.2) is 0 Å². The quantitative estimate of drug-likeness (QED) is 0.393. The summed E-state index contributed by atoms with van der Waals surface area (Å²) in [4.78, 5) is 0. The van der Waals surface area contributed by atoms with E-state index in [2.05, 4.69) is 31.8 Å². The van der Waals surface area contributed by atoms with Crippen LogP contribution < -0.4 is 0 Å². The van der Waals surface area contributed by atoms with Gasteiger partial charge in [0.25, 0.3) is 0 Å². The van der Waals surface area contributed by atoms with Crippen molar-refractivity contribution in [3.63, 3.8) is 0 Å². The molecule has 0 aromatic heterocycles. The molecule has 46 valence electrons. The highest BCUT2D eigenvalue weighted by atomic mass is 28.3. The van der Waals surface area contributed by atoms with Gasteiger partial charge in [0.15, 0.2) is 0 Å². The molecular formula is C7H14Si. The summed E-state index contributed by atoms with van der Waals surface area (Å²) in [7, 11) is -0.564. The maximum Gasteiger partial charge on any atom is 0.0639 e. The van der Waals surface area contributed by atoms with Crippen molar-refractivity contribution in [2.75, 3.05) is 0 Å². The molecule has 1 heteroatoms. The second-order valence-electron chi connectivity index (χ2n) is 2.23. The first-order valence-corrected chi connectivity index (χ1v) is 5.88. The summed E-state index contributed by atoms with van der Waals surface area (Å²) in [6.45, 7) is 10.5. The predicted molar refractivity (Wildman–Crippen MR) is 42.8 cm³/mol. The minimum Gasteiger partial charge on any atom is -0.100 e. The summed E-state index contributed by atoms with van der Waals surface area (Å²) >= 11 is 0. The summed E-state index contributed by atoms with van der Waals surface area (Å²) in [6.07, 6.45) is 4.16. The molecule has 0 nitrogen and oxygen atoms in total. The number of rotatable bonds is 2. The Hall–Kier alpha value is -0.303. The molecule has 0 spiro atoms. The van der Waals surface area contributed by atoms with E-state index in [4.69, 9.17) is 0 Å². The molecule has 0 atom stereocenters. The smallest absolute Gasteiger partial charge is 0.0639 e. The van der Waals surface area contributed by atoms with E-state index in [-0.39, 0.29) is 0 Å². The highest BCUT2D eigenvalue weighted by molar-refractivity contribution is 6.64. The fraction of sp³-hybridized carbons (Fsp3) is 0.429. The summed E-state index contributed by atoms with van der Waals surface area (Å²) in [6, 6.07) is 0. The van der Waals surface area contributed by atoms with Gasteiger partial charge in [0.2, 0.25) is 0 Å². The van der Waals surface area contributed by atoms with Crippen LogP contribution in [0.3, 0.4) is 0 Å². The second-order valence-corrected chi connectivity index (χ2v) is 5.28. The zero-order chi connectivity index (χ0) is 6.57. The van der Waals surface area contributed by atoms with E-state index >= 15 is 0 Å². The molecule has 0 N–H and O–H groups in total. The first kappa shape index (κ1) is 7.70. The molecule has 0 heterocycles. The van der Waals surface area contributed by atoms with Gasteiger partial charge in [-0.05, 0) is 6.92 Å². The third-order valence-electron chi connectivity index (χ3n) is 1.12. The number of allylic oxidation sites excluding steroid dienone is 3. The van der Waals surface area contributed by atoms with Crippen LogP contribution in [0.1, 0.15) is 6.92 Å². The molecule has 0 bridgehead atoms. The van der Waals surface area contributed by atoms with Crippen LogP contribution in [-0.4, -0.2) is 8.80 Å². The van der Waals surface area contributed by atoms with Crippen LogP contribution in [0.25, 0.3) is 0 Å². The molecular weight excluding hydrogens is 112 g/mol. The average molecular weight is 126 g/mol. The van der Waals surface area contributed by atoms with Crippen molar-refractivity contribution in [1.82, 2.24) is 0 Å². The van der Waals surface area contributed by atoms with Gasteiger partial charge >= 0.3 is 0 Å². The highest BCUT2D eigenvalue weighted by Gasteiger charge is 1.93. The lowest BCUT2D eigenvalue weighted by Gasteiger charge is -1.98. The molecule has 0 aliphatic heterocycles. The second kappa shape index (κ2) is 3.67. The molecule has 0 radical (unpaired) electrons. The maximum atomic E-state index is 3.92. The monoisotopic (exact) mass is 126 g/mol. The molecule has 0 unspecified atom stereocenters. The third-order valence-corrected chi connectivity index (χ3v) is 2.80. The van der Waals surface area contributed by atoms with E-state index in [9.17, 15) is 0 Å². The van der Waals surface area contributed by atoms with E-state index in [1.165, 1.54) is 5.20 Å². The Labute approximate surface area is 53.5 Å². The van der Waals surface area contributed by atoms with Crippen LogP contribution in [-0.2, 0) is 0 Å². The van der Waals surface area contributed by atoms with E-state index in [0.29, 0.717) is 0 Å². The van der Waals surface area contributed by atoms with Crippen LogP contribution in [0.4, 0.5) is 0 Å². The van der Waals surface area contributed by atoms with E-state index in [1.807, 2.05) is 6.92 Å². The van der Waals surface area contributed by atoms with Crippen molar-refractivity contribution in [1.29, 1.82) is 0 Å². The molecule has 0 rings (SSSR count). The SMILES string of the molecule is C=C(C=CC)[SiH](C)C. The highest BCUT2D eigenvalue weighted by Crippen LogP contribution is 1.97. The van der Waals surface area contributed by atoms with Gasteiger partial charge in [-0.3, -0.25) is 0 Å². The van der Waals surface area contributed by atoms with Crippen molar-refractivity contribution in [3.05, 3.63) is 23.9 Å². The molecule has 0 aliphatic carbocycles. The molecule has 0 aliphatic rings. The van der Waals surface area contributed by atoms with Crippen molar-refractivity contribution in [2.45, 2.75) is 20.0 Å². The van der Waals surface area contributed by atoms with Gasteiger partial charge in [0.1, 0.15) is 0 Å². The summed E-state index contributed by atoms with van der Waals surface area (Å²) in [5.41, 5.74) is 0. The first-order valence-electron chi connectivity index (χ1n) is 3.00. The molecule has 0 fully saturated rings. The molecule has 0 amide bonds. The zero-order valence-electron chi connectivity index (χ0n) is 5.94. The Bertz CT molecular complexity index is 101. The molecule has 0 aromatic carbocycles. The normalized spacial score (nSPS) is 11.0. The van der Waals surface area contributed by atoms with Crippen LogP contribution in [0.5, 0.6) is 0 Å². The number of hydrogen-bond acceptors (Lipinski definition) is 0. The van der Waals surface area contributed by atoms with Gasteiger partial charge in [0, 0.05) is 0 Å². The minimum atomic E-state index is -0.564. The minimum absolute atomic E-state index is 0.564. The Morgan fingerprint density at radius 3 is 2.12 bits per heavy atom. The third kappa shape index (κ3) is 2.80. The maximum absolute atomic E-state index is 3.92. The summed E-state index contributed by atoms with van der Waals surface area (Å²) < 4.78 is 0. The van der Waals surface area contributed by atoms with Gasteiger partial charge in [0.05, 0.1) is 8.80 Å². The van der Waals surface area contributed by atoms with Crippen molar-refractivity contribution >= 4 is 8.80 Å². The molecule has 8 heavy (non-hydrogen) atoms. The van der Waals surface area contributed by atoms with Crippen molar-refractivity contribution in [2.24, 2.45) is 0 Å². The van der Waals surface area contributed by atoms with Crippen LogP contribution >= 0.6 is 0 Å². The Morgan fingerprint density at radius 2 is 2.00 bits per heavy atom. The predicted octanol–water partition coefficient (Wildman–Crippen LogP) is 2.14. The van der Waals surface area contributed by atoms with Gasteiger partial charge in [-0.1, -0.05) is 30.4 Å². The summed E-state index contributed by atoms with van der Waals surface area (Å²) in [5, 5.41) is 1.34. The van der Waals surface area contributed by atoms with Gasteiger partial charge < -0.3 is 0 Å². The van der Waals surface area contributed by atoms with Crippen LogP contribution in [0.2, 0.25) is 13.1 Å². The zero-order valence-corrected chi connectivity index (χ0v) is 7.09. The fourth-order valence-corrected chi connectivity index (χ4v) is 0.984. The summed E-state index contributed by atoms with van der Waals surface area (Å²) in [5.74, 6) is 0. The fourth-order valence-electron chi connectivity index (χ4n) is 0.407. The Morgan fingerprint density at radius 1 is 1.50 bits per heavy atom. The average Bonchev–Trinajstić information content (AvgIpc) is 1.67. The van der Waals surface area contributed by atoms with E-state index in [1.54, 1.807) is 0 Å². The first-order chi connectivity index (χ1) is 3.68. The van der Waals surface area contributed by atoms with Gasteiger partial charge in [-0.15, -0.1) is 6.58 Å². The van der Waals surface area contributed by atoms with Crippen molar-refractivity contribution < 1.29 is 0 Å². The standard InChI is InChI=1S/C7H14Si/c1-5-6-7(2)8(3)4/h5-6,8H,2H2,1,3-4H3. The van der Waals surface area contributed by atoms with E-state index < -0.39 is 8.80 Å². The molecule has 0 aromatic rings. The van der Waals surface area contributed by atoms with E-state index in [0.717, 1.165) is 0 Å². The van der Waals surface area contributed by atoms with Gasteiger partial charge in [-0.2, -0.15) is 0 Å². The largest absolute Gasteiger partial charge is 0.100 e. The number of hydrogen-bond donors (Lipinski definition) is 0. The van der Waals surface area contributed by atoms with Crippen molar-refractivity contribution in [3.8, 4) is 0 Å². The Balaban J connectivity index is 3.66. The van der Waals surface area contributed by atoms with Crippen LogP contribution in [0.15, 0.2) is 23.9 Å². The lowest BCUT2D eigenvalue weighted by molar-refractivity contribution is 1.70. The topological polar surface area (TPSA) is 0 Å². The Kier molecular flexibility index (Phi) is 3.53. The lowest BCUT2D eigenvalue weighted by Crippen LogP contribution is -2.00.